The van der Waals surface area contributed by atoms with Gasteiger partial charge in [-0.2, -0.15) is 5.10 Å². The van der Waals surface area contributed by atoms with E-state index in [-0.39, 0.29) is 18.4 Å². The zero-order chi connectivity index (χ0) is 18.0. The van der Waals surface area contributed by atoms with Crippen LogP contribution in [0.4, 0.5) is 5.69 Å². The van der Waals surface area contributed by atoms with Crippen LogP contribution in [0.15, 0.2) is 36.7 Å². The van der Waals surface area contributed by atoms with Gasteiger partial charge >= 0.3 is 0 Å². The van der Waals surface area contributed by atoms with Crippen molar-refractivity contribution in [2.24, 2.45) is 0 Å². The number of carbonyl (C=O) groups excluding carboxylic acids is 2. The molecule has 1 aromatic heterocycles. The minimum atomic E-state index is -0.825. The number of carbonyl (C=O) groups is 2. The number of ether oxygens (including phenoxy) is 1. The maximum absolute atomic E-state index is 12.7. The minimum absolute atomic E-state index is 0.132. The number of amides is 2. The number of aryl methyl sites for hydroxylation is 1. The lowest BCUT2D eigenvalue weighted by Gasteiger charge is -2.38. The number of rotatable bonds is 4. The van der Waals surface area contributed by atoms with Crippen LogP contribution >= 0.6 is 11.6 Å². The number of benzene rings is 1. The van der Waals surface area contributed by atoms with Gasteiger partial charge in [0, 0.05) is 24.8 Å². The van der Waals surface area contributed by atoms with Crippen LogP contribution in [0.1, 0.15) is 18.5 Å². The maximum atomic E-state index is 12.7. The predicted octanol–water partition coefficient (Wildman–Crippen LogP) is 2.09. The van der Waals surface area contributed by atoms with Crippen molar-refractivity contribution in [3.63, 3.8) is 0 Å². The van der Waals surface area contributed by atoms with Crippen molar-refractivity contribution >= 4 is 29.1 Å². The van der Waals surface area contributed by atoms with E-state index in [2.05, 4.69) is 10.4 Å². The molecule has 25 heavy (non-hydrogen) atoms. The van der Waals surface area contributed by atoms with Gasteiger partial charge in [-0.1, -0.05) is 23.7 Å². The molecule has 1 N–H and O–H groups in total. The largest absolute Gasteiger partial charge is 0.356 e. The number of morpholine rings is 1. The van der Waals surface area contributed by atoms with Gasteiger partial charge in [-0.15, -0.1) is 0 Å². The Labute approximate surface area is 150 Å². The summed E-state index contributed by atoms with van der Waals surface area (Å²) in [6.07, 6.45) is 2.50. The molecule has 2 atom stereocenters. The summed E-state index contributed by atoms with van der Waals surface area (Å²) in [6, 6.07) is 6.51. The number of halogens is 1. The van der Waals surface area contributed by atoms with Gasteiger partial charge < -0.3 is 15.0 Å². The highest BCUT2D eigenvalue weighted by Crippen LogP contribution is 2.30. The third kappa shape index (κ3) is 3.67. The molecule has 1 aromatic carbocycles. The van der Waals surface area contributed by atoms with Crippen LogP contribution < -0.4 is 5.32 Å². The van der Waals surface area contributed by atoms with E-state index in [1.165, 1.54) is 4.90 Å². The average Bonchev–Trinajstić information content (AvgIpc) is 3.05. The zero-order valence-electron chi connectivity index (χ0n) is 14.0. The van der Waals surface area contributed by atoms with Crippen molar-refractivity contribution in [3.05, 3.63) is 47.2 Å². The lowest BCUT2D eigenvalue weighted by Crippen LogP contribution is -2.51. The molecule has 1 aliphatic rings. The summed E-state index contributed by atoms with van der Waals surface area (Å²) in [4.78, 5) is 26.3. The lowest BCUT2D eigenvalue weighted by atomic mass is 9.97. The Morgan fingerprint density at radius 2 is 2.12 bits per heavy atom. The number of hydrogen-bond donors (Lipinski definition) is 1. The van der Waals surface area contributed by atoms with Crippen molar-refractivity contribution in [2.45, 2.75) is 25.6 Å². The van der Waals surface area contributed by atoms with Crippen molar-refractivity contribution in [2.75, 3.05) is 19.0 Å². The van der Waals surface area contributed by atoms with E-state index in [1.807, 2.05) is 6.92 Å². The second-order valence-electron chi connectivity index (χ2n) is 5.81. The summed E-state index contributed by atoms with van der Waals surface area (Å²) >= 11 is 5.94. The van der Waals surface area contributed by atoms with Crippen LogP contribution in [0.3, 0.4) is 0 Å². The topological polar surface area (TPSA) is 76.5 Å². The highest BCUT2D eigenvalue weighted by molar-refractivity contribution is 6.30. The van der Waals surface area contributed by atoms with E-state index in [9.17, 15) is 9.59 Å². The molecule has 0 bridgehead atoms. The van der Waals surface area contributed by atoms with Gasteiger partial charge in [0.1, 0.15) is 6.61 Å². The van der Waals surface area contributed by atoms with E-state index < -0.39 is 12.1 Å². The fourth-order valence-corrected chi connectivity index (χ4v) is 2.93. The first-order chi connectivity index (χ1) is 12.0. The van der Waals surface area contributed by atoms with Crippen LogP contribution in [0, 0.1) is 0 Å². The molecule has 2 heterocycles. The Morgan fingerprint density at radius 1 is 1.40 bits per heavy atom. The molecule has 2 amide bonds. The number of likely N-dealkylation sites (N-methyl/N-ethyl adjacent to an activating group) is 1. The minimum Gasteiger partial charge on any atom is -0.356 e. The third-order valence-electron chi connectivity index (χ3n) is 4.18. The fourth-order valence-electron chi connectivity index (χ4n) is 2.80. The number of aromatic nitrogens is 2. The van der Waals surface area contributed by atoms with E-state index >= 15 is 0 Å². The smallest absolute Gasteiger partial charge is 0.256 e. The number of hydrogen-bond acceptors (Lipinski definition) is 4. The van der Waals surface area contributed by atoms with Gasteiger partial charge in [-0.05, 0) is 24.6 Å². The summed E-state index contributed by atoms with van der Waals surface area (Å²) in [6.45, 7) is 2.54. The van der Waals surface area contributed by atoms with Crippen molar-refractivity contribution in [3.8, 4) is 0 Å². The number of nitrogens with one attached hydrogen (secondary N) is 1. The van der Waals surface area contributed by atoms with Crippen LogP contribution in [0.25, 0.3) is 0 Å². The molecule has 2 aromatic rings. The SMILES string of the molecule is CCn1cc(NC(=O)[C@@H]2OCC(=O)N(C)[C@@H]2c2ccc(Cl)cc2)cn1. The first-order valence-electron chi connectivity index (χ1n) is 7.95. The second kappa shape index (κ2) is 7.25. The predicted molar refractivity (Wildman–Crippen MR) is 93.2 cm³/mol. The Morgan fingerprint density at radius 3 is 2.76 bits per heavy atom. The summed E-state index contributed by atoms with van der Waals surface area (Å²) in [7, 11) is 1.67. The zero-order valence-corrected chi connectivity index (χ0v) is 14.7. The molecule has 132 valence electrons. The molecule has 0 radical (unpaired) electrons. The second-order valence-corrected chi connectivity index (χ2v) is 6.24. The average molecular weight is 363 g/mol. The molecule has 0 spiro atoms. The first-order valence-corrected chi connectivity index (χ1v) is 8.33. The maximum Gasteiger partial charge on any atom is 0.256 e. The Hall–Kier alpha value is -2.38. The van der Waals surface area contributed by atoms with E-state index in [4.69, 9.17) is 16.3 Å². The van der Waals surface area contributed by atoms with Crippen LogP contribution in [0.2, 0.25) is 5.02 Å². The van der Waals surface area contributed by atoms with Gasteiger partial charge in [0.2, 0.25) is 5.91 Å². The molecule has 0 unspecified atom stereocenters. The third-order valence-corrected chi connectivity index (χ3v) is 4.43. The van der Waals surface area contributed by atoms with Gasteiger partial charge in [0.15, 0.2) is 6.10 Å². The van der Waals surface area contributed by atoms with Crippen molar-refractivity contribution in [1.29, 1.82) is 0 Å². The standard InChI is InChI=1S/C17H19ClN4O3/c1-3-22-9-13(8-19-22)20-17(24)16-15(21(2)14(23)10-25-16)11-4-6-12(18)7-5-11/h4-9,15-16H,3,10H2,1-2H3,(H,20,24)/t15-,16-/m1/s1. The summed E-state index contributed by atoms with van der Waals surface area (Å²) in [5, 5.41) is 7.52. The molecular formula is C17H19ClN4O3. The summed E-state index contributed by atoms with van der Waals surface area (Å²) < 4.78 is 7.27. The normalized spacial score (nSPS) is 20.6. The van der Waals surface area contributed by atoms with Crippen LogP contribution in [-0.4, -0.2) is 46.3 Å². The highest BCUT2D eigenvalue weighted by Gasteiger charge is 2.40. The Balaban J connectivity index is 1.84. The summed E-state index contributed by atoms with van der Waals surface area (Å²) in [5.74, 6) is -0.502. The first kappa shape index (κ1) is 17.4. The lowest BCUT2D eigenvalue weighted by molar-refractivity contribution is -0.160. The molecule has 0 aliphatic carbocycles. The molecule has 3 rings (SSSR count). The van der Waals surface area contributed by atoms with Gasteiger partial charge in [-0.25, -0.2) is 0 Å². The molecule has 7 nitrogen and oxygen atoms in total. The van der Waals surface area contributed by atoms with Crippen molar-refractivity contribution in [1.82, 2.24) is 14.7 Å². The molecular weight excluding hydrogens is 344 g/mol. The van der Waals surface area contributed by atoms with Crippen LogP contribution in [0.5, 0.6) is 0 Å². The van der Waals surface area contributed by atoms with Gasteiger partial charge in [-0.3, -0.25) is 14.3 Å². The Bertz CT molecular complexity index is 774. The molecule has 1 saturated heterocycles. The molecule has 8 heteroatoms. The molecule has 0 saturated carbocycles. The fraction of sp³-hybridized carbons (Fsp3) is 0.353. The van der Waals surface area contributed by atoms with E-state index in [1.54, 1.807) is 48.4 Å². The number of nitrogens with zero attached hydrogens (tertiary/aromatic N) is 3. The highest BCUT2D eigenvalue weighted by atomic mass is 35.5. The quantitative estimate of drug-likeness (QED) is 0.903. The van der Waals surface area contributed by atoms with E-state index in [0.29, 0.717) is 17.3 Å². The number of anilines is 1. The monoisotopic (exact) mass is 362 g/mol. The summed E-state index contributed by atoms with van der Waals surface area (Å²) in [5.41, 5.74) is 1.37. The van der Waals surface area contributed by atoms with Gasteiger partial charge in [0.05, 0.1) is 17.9 Å². The Kier molecular flexibility index (Phi) is 5.06. The molecule has 1 fully saturated rings. The van der Waals surface area contributed by atoms with E-state index in [0.717, 1.165) is 5.56 Å². The van der Waals surface area contributed by atoms with Crippen LogP contribution in [-0.2, 0) is 20.9 Å². The van der Waals surface area contributed by atoms with Gasteiger partial charge in [0.25, 0.3) is 5.91 Å². The molecule has 1 aliphatic heterocycles. The van der Waals surface area contributed by atoms with Crippen molar-refractivity contribution < 1.29 is 14.3 Å².